The number of benzene rings is 1. The van der Waals surface area contributed by atoms with E-state index in [0.29, 0.717) is 4.47 Å². The summed E-state index contributed by atoms with van der Waals surface area (Å²) in [6.45, 7) is 6.52. The van der Waals surface area contributed by atoms with Crippen LogP contribution in [0.4, 0.5) is 4.39 Å². The minimum atomic E-state index is -0.210. The Kier molecular flexibility index (Phi) is 6.16. The molecule has 0 N–H and O–H groups in total. The lowest BCUT2D eigenvalue weighted by molar-refractivity contribution is 0.106. The van der Waals surface area contributed by atoms with Crippen LogP contribution < -0.4 is 0 Å². The van der Waals surface area contributed by atoms with E-state index in [4.69, 9.17) is 0 Å². The van der Waals surface area contributed by atoms with E-state index in [1.807, 2.05) is 6.07 Å². The molecule has 1 atom stereocenters. The zero-order chi connectivity index (χ0) is 15.2. The van der Waals surface area contributed by atoms with Crippen LogP contribution in [0.5, 0.6) is 0 Å². The highest BCUT2D eigenvalue weighted by Crippen LogP contribution is 2.22. The van der Waals surface area contributed by atoms with Crippen LogP contribution >= 0.6 is 15.9 Å². The van der Waals surface area contributed by atoms with Crippen LogP contribution in [0.2, 0.25) is 0 Å². The fourth-order valence-electron chi connectivity index (χ4n) is 2.75. The first kappa shape index (κ1) is 16.4. The highest BCUT2D eigenvalue weighted by molar-refractivity contribution is 9.10. The molecule has 2 rings (SSSR count). The van der Waals surface area contributed by atoms with Crippen LogP contribution in [-0.2, 0) is 6.54 Å². The first-order valence-electron chi connectivity index (χ1n) is 7.44. The molecular weight excluding hydrogens is 333 g/mol. The van der Waals surface area contributed by atoms with Gasteiger partial charge in [-0.15, -0.1) is 0 Å². The molecule has 0 radical (unpaired) electrons. The number of nitriles is 1. The van der Waals surface area contributed by atoms with Crippen molar-refractivity contribution in [2.75, 3.05) is 26.2 Å². The van der Waals surface area contributed by atoms with Crippen molar-refractivity contribution >= 4 is 15.9 Å². The summed E-state index contributed by atoms with van der Waals surface area (Å²) < 4.78 is 14.1. The molecule has 1 aliphatic heterocycles. The molecule has 0 spiro atoms. The fourth-order valence-corrected chi connectivity index (χ4v) is 3.14. The van der Waals surface area contributed by atoms with Gasteiger partial charge in [0.25, 0.3) is 0 Å². The van der Waals surface area contributed by atoms with E-state index in [-0.39, 0.29) is 11.9 Å². The van der Waals surface area contributed by atoms with Crippen LogP contribution in [-0.4, -0.2) is 42.0 Å². The average molecular weight is 354 g/mol. The van der Waals surface area contributed by atoms with Crippen LogP contribution in [0.1, 0.15) is 25.3 Å². The topological polar surface area (TPSA) is 30.3 Å². The molecule has 1 saturated heterocycles. The third-order valence-electron chi connectivity index (χ3n) is 3.98. The Hall–Kier alpha value is -0.960. The number of hydrogen-bond acceptors (Lipinski definition) is 3. The van der Waals surface area contributed by atoms with E-state index in [0.717, 1.165) is 51.1 Å². The van der Waals surface area contributed by atoms with E-state index < -0.39 is 0 Å². The Morgan fingerprint density at radius 1 is 1.33 bits per heavy atom. The summed E-state index contributed by atoms with van der Waals surface area (Å²) in [5.41, 5.74) is 0.980. The fraction of sp³-hybridized carbons (Fsp3) is 0.562. The summed E-state index contributed by atoms with van der Waals surface area (Å²) >= 11 is 3.32. The predicted octanol–water partition coefficient (Wildman–Crippen LogP) is 3.40. The van der Waals surface area contributed by atoms with Gasteiger partial charge in [0.05, 0.1) is 16.6 Å². The lowest BCUT2D eigenvalue weighted by atomic mass is 10.1. The lowest BCUT2D eigenvalue weighted by Gasteiger charge is -2.37. The van der Waals surface area contributed by atoms with E-state index in [1.165, 1.54) is 6.07 Å². The molecule has 0 amide bonds. The molecule has 0 saturated carbocycles. The first-order chi connectivity index (χ1) is 10.2. The number of nitrogens with zero attached hydrogens (tertiary/aromatic N) is 3. The minimum absolute atomic E-state index is 0.0399. The Balaban J connectivity index is 1.90. The SMILES string of the molecule is CCCC(C#N)N1CCN(Cc2cccc(F)c2Br)CC1. The van der Waals surface area contributed by atoms with Gasteiger partial charge in [-0.2, -0.15) is 5.26 Å². The number of rotatable bonds is 5. The molecule has 1 heterocycles. The second kappa shape index (κ2) is 7.88. The van der Waals surface area contributed by atoms with Gasteiger partial charge in [-0.05, 0) is 34.0 Å². The van der Waals surface area contributed by atoms with Gasteiger partial charge in [-0.1, -0.05) is 25.5 Å². The maximum atomic E-state index is 13.5. The van der Waals surface area contributed by atoms with Crippen LogP contribution in [0.25, 0.3) is 0 Å². The van der Waals surface area contributed by atoms with Gasteiger partial charge in [0, 0.05) is 32.7 Å². The molecule has 1 unspecified atom stereocenters. The van der Waals surface area contributed by atoms with Gasteiger partial charge in [0.15, 0.2) is 0 Å². The smallest absolute Gasteiger partial charge is 0.137 e. The predicted molar refractivity (Wildman–Crippen MR) is 85.3 cm³/mol. The number of halogens is 2. The molecule has 1 aliphatic rings. The quantitative estimate of drug-likeness (QED) is 0.812. The average Bonchev–Trinajstić information content (AvgIpc) is 2.50. The Bertz CT molecular complexity index is 507. The molecule has 1 aromatic carbocycles. The van der Waals surface area contributed by atoms with E-state index in [1.54, 1.807) is 6.07 Å². The maximum absolute atomic E-state index is 13.5. The highest BCUT2D eigenvalue weighted by atomic mass is 79.9. The zero-order valence-electron chi connectivity index (χ0n) is 12.4. The van der Waals surface area contributed by atoms with Gasteiger partial charge >= 0.3 is 0 Å². The molecule has 3 nitrogen and oxygen atoms in total. The molecule has 1 fully saturated rings. The van der Waals surface area contributed by atoms with Crippen molar-refractivity contribution < 1.29 is 4.39 Å². The normalized spacial score (nSPS) is 18.4. The molecule has 0 aromatic heterocycles. The molecule has 21 heavy (non-hydrogen) atoms. The van der Waals surface area contributed by atoms with Crippen LogP contribution in [0, 0.1) is 17.1 Å². The molecule has 0 aliphatic carbocycles. The second-order valence-corrected chi connectivity index (χ2v) is 6.25. The van der Waals surface area contributed by atoms with E-state index in [2.05, 4.69) is 38.7 Å². The monoisotopic (exact) mass is 353 g/mol. The van der Waals surface area contributed by atoms with Gasteiger partial charge < -0.3 is 0 Å². The Morgan fingerprint density at radius 3 is 2.67 bits per heavy atom. The van der Waals surface area contributed by atoms with Crippen molar-refractivity contribution in [3.63, 3.8) is 0 Å². The Morgan fingerprint density at radius 2 is 2.05 bits per heavy atom. The summed E-state index contributed by atoms with van der Waals surface area (Å²) in [6, 6.07) is 7.61. The van der Waals surface area contributed by atoms with Gasteiger partial charge in [0.1, 0.15) is 5.82 Å². The van der Waals surface area contributed by atoms with Crippen LogP contribution in [0.3, 0.4) is 0 Å². The second-order valence-electron chi connectivity index (χ2n) is 5.46. The van der Waals surface area contributed by atoms with Gasteiger partial charge in [-0.25, -0.2) is 4.39 Å². The largest absolute Gasteiger partial charge is 0.296 e. The molecule has 0 bridgehead atoms. The van der Waals surface area contributed by atoms with Crippen molar-refractivity contribution in [1.82, 2.24) is 9.80 Å². The number of piperazine rings is 1. The highest BCUT2D eigenvalue weighted by Gasteiger charge is 2.23. The molecule has 5 heteroatoms. The third kappa shape index (κ3) is 4.26. The molecule has 114 valence electrons. The van der Waals surface area contributed by atoms with Crippen molar-refractivity contribution in [2.24, 2.45) is 0 Å². The van der Waals surface area contributed by atoms with E-state index in [9.17, 15) is 9.65 Å². The van der Waals surface area contributed by atoms with Crippen LogP contribution in [0.15, 0.2) is 22.7 Å². The summed E-state index contributed by atoms with van der Waals surface area (Å²) in [7, 11) is 0. The van der Waals surface area contributed by atoms with Crippen molar-refractivity contribution in [2.45, 2.75) is 32.4 Å². The Labute approximate surface area is 134 Å². The molecule has 1 aromatic rings. The van der Waals surface area contributed by atoms with Crippen molar-refractivity contribution in [3.05, 3.63) is 34.1 Å². The van der Waals surface area contributed by atoms with E-state index >= 15 is 0 Å². The maximum Gasteiger partial charge on any atom is 0.137 e. The van der Waals surface area contributed by atoms with Crippen molar-refractivity contribution in [3.8, 4) is 6.07 Å². The molecular formula is C16H21BrFN3. The zero-order valence-corrected chi connectivity index (χ0v) is 13.9. The van der Waals surface area contributed by atoms with Crippen molar-refractivity contribution in [1.29, 1.82) is 5.26 Å². The minimum Gasteiger partial charge on any atom is -0.296 e. The third-order valence-corrected chi connectivity index (χ3v) is 4.87. The van der Waals surface area contributed by atoms with Gasteiger partial charge in [-0.3, -0.25) is 9.80 Å². The lowest BCUT2D eigenvalue weighted by Crippen LogP contribution is -2.49. The standard InChI is InChI=1S/C16H21BrFN3/c1-2-4-14(11-19)21-9-7-20(8-10-21)12-13-5-3-6-15(18)16(13)17/h3,5-6,14H,2,4,7-10,12H2,1H3. The van der Waals surface area contributed by atoms with Gasteiger partial charge in [0.2, 0.25) is 0 Å². The summed E-state index contributed by atoms with van der Waals surface area (Å²) in [4.78, 5) is 4.58. The summed E-state index contributed by atoms with van der Waals surface area (Å²) in [5, 5.41) is 9.22. The summed E-state index contributed by atoms with van der Waals surface area (Å²) in [5.74, 6) is -0.210. The number of hydrogen-bond donors (Lipinski definition) is 0. The first-order valence-corrected chi connectivity index (χ1v) is 8.24. The summed E-state index contributed by atoms with van der Waals surface area (Å²) in [6.07, 6.45) is 1.97.